The summed E-state index contributed by atoms with van der Waals surface area (Å²) in [4.78, 5) is 12.0. The van der Waals surface area contributed by atoms with Crippen LogP contribution in [0.5, 0.6) is 0 Å². The van der Waals surface area contributed by atoms with Gasteiger partial charge in [0.05, 0.1) is 18.9 Å². The van der Waals surface area contributed by atoms with E-state index in [-0.39, 0.29) is 23.4 Å². The molecule has 3 atom stereocenters. The Labute approximate surface area is 114 Å². The van der Waals surface area contributed by atoms with Crippen LogP contribution in [0.2, 0.25) is 0 Å². The second-order valence-corrected chi connectivity index (χ2v) is 6.63. The lowest BCUT2D eigenvalue weighted by atomic mass is 9.72. The largest absolute Gasteiger partial charge is 0.504 e. The van der Waals surface area contributed by atoms with E-state index in [1.165, 1.54) is 24.0 Å². The zero-order chi connectivity index (χ0) is 13.8. The smallest absolute Gasteiger partial charge is 0.338 e. The van der Waals surface area contributed by atoms with Gasteiger partial charge < -0.3 is 9.47 Å². The Morgan fingerprint density at radius 2 is 2.16 bits per heavy atom. The summed E-state index contributed by atoms with van der Waals surface area (Å²) < 4.78 is 10.8. The van der Waals surface area contributed by atoms with Crippen LogP contribution in [0.25, 0.3) is 0 Å². The molecule has 1 fully saturated rings. The van der Waals surface area contributed by atoms with Crippen molar-refractivity contribution in [1.29, 1.82) is 0 Å². The van der Waals surface area contributed by atoms with Crippen molar-refractivity contribution < 1.29 is 14.3 Å². The fourth-order valence-electron chi connectivity index (χ4n) is 4.26. The molecule has 0 N–H and O–H groups in total. The number of carbonyl (C=O) groups is 1. The number of ether oxygens (including phenoxy) is 2. The summed E-state index contributed by atoms with van der Waals surface area (Å²) >= 11 is 0. The fraction of sp³-hybridized carbons (Fsp3) is 0.688. The average Bonchev–Trinajstić information content (AvgIpc) is 2.78. The normalized spacial score (nSPS) is 38.2. The zero-order valence-corrected chi connectivity index (χ0v) is 12.2. The maximum atomic E-state index is 12.0. The van der Waals surface area contributed by atoms with E-state index in [0.717, 1.165) is 6.42 Å². The van der Waals surface area contributed by atoms with E-state index < -0.39 is 0 Å². The van der Waals surface area contributed by atoms with E-state index in [1.807, 2.05) is 0 Å². The molecule has 1 aliphatic heterocycles. The van der Waals surface area contributed by atoms with Crippen LogP contribution < -0.4 is 0 Å². The molecular formula is C16H22O3. The van der Waals surface area contributed by atoms with E-state index in [2.05, 4.69) is 20.8 Å². The van der Waals surface area contributed by atoms with E-state index in [9.17, 15) is 4.79 Å². The van der Waals surface area contributed by atoms with Crippen molar-refractivity contribution in [1.82, 2.24) is 0 Å². The molecule has 3 nitrogen and oxygen atoms in total. The molecule has 0 aromatic rings. The summed E-state index contributed by atoms with van der Waals surface area (Å²) in [5.74, 6) is 0.360. The first-order chi connectivity index (χ1) is 8.97. The minimum Gasteiger partial charge on any atom is -0.504 e. The Kier molecular flexibility index (Phi) is 2.77. The number of methoxy groups -OCH3 is 1. The highest BCUT2D eigenvalue weighted by Crippen LogP contribution is 2.57. The number of fused-ring (bicyclic) bond motifs is 2. The van der Waals surface area contributed by atoms with Gasteiger partial charge in [-0.1, -0.05) is 26.3 Å². The number of esters is 1. The van der Waals surface area contributed by atoms with Gasteiger partial charge in [0, 0.05) is 5.92 Å². The van der Waals surface area contributed by atoms with Crippen LogP contribution >= 0.6 is 0 Å². The summed E-state index contributed by atoms with van der Waals surface area (Å²) in [5, 5.41) is 0. The summed E-state index contributed by atoms with van der Waals surface area (Å²) in [5.41, 5.74) is 3.79. The predicted molar refractivity (Wildman–Crippen MR) is 72.3 cm³/mol. The van der Waals surface area contributed by atoms with Gasteiger partial charge in [-0.05, 0) is 36.2 Å². The van der Waals surface area contributed by atoms with Crippen molar-refractivity contribution in [3.63, 3.8) is 0 Å². The lowest BCUT2D eigenvalue weighted by Crippen LogP contribution is -2.27. The Morgan fingerprint density at radius 3 is 2.84 bits per heavy atom. The number of hydrogen-bond acceptors (Lipinski definition) is 3. The van der Waals surface area contributed by atoms with Gasteiger partial charge in [0.1, 0.15) is 6.10 Å². The topological polar surface area (TPSA) is 35.5 Å². The summed E-state index contributed by atoms with van der Waals surface area (Å²) in [6.07, 6.45) is 5.11. The average molecular weight is 262 g/mol. The molecule has 0 bridgehead atoms. The third-order valence-electron chi connectivity index (χ3n) is 5.10. The van der Waals surface area contributed by atoms with Gasteiger partial charge in [0.25, 0.3) is 0 Å². The first-order valence-electron chi connectivity index (χ1n) is 7.14. The van der Waals surface area contributed by atoms with Gasteiger partial charge in [0.15, 0.2) is 0 Å². The molecule has 0 amide bonds. The molecule has 0 saturated carbocycles. The van der Waals surface area contributed by atoms with Crippen molar-refractivity contribution in [2.75, 3.05) is 7.11 Å². The summed E-state index contributed by atoms with van der Waals surface area (Å²) in [6, 6.07) is 0. The molecule has 3 heteroatoms. The van der Waals surface area contributed by atoms with Crippen LogP contribution in [-0.2, 0) is 14.3 Å². The third-order valence-corrected chi connectivity index (χ3v) is 5.10. The molecule has 3 aliphatic rings. The Morgan fingerprint density at radius 1 is 1.42 bits per heavy atom. The molecule has 104 valence electrons. The number of allylic oxidation sites excluding steroid dienone is 1. The second kappa shape index (κ2) is 4.12. The second-order valence-electron chi connectivity index (χ2n) is 6.63. The van der Waals surface area contributed by atoms with Crippen molar-refractivity contribution in [3.05, 3.63) is 23.0 Å². The maximum absolute atomic E-state index is 12.0. The van der Waals surface area contributed by atoms with Crippen LogP contribution in [0, 0.1) is 17.3 Å². The van der Waals surface area contributed by atoms with E-state index in [1.54, 1.807) is 13.4 Å². The van der Waals surface area contributed by atoms with Gasteiger partial charge >= 0.3 is 5.97 Å². The molecule has 1 heterocycles. The van der Waals surface area contributed by atoms with Gasteiger partial charge in [-0.25, -0.2) is 4.79 Å². The molecule has 0 unspecified atom stereocenters. The van der Waals surface area contributed by atoms with Crippen LogP contribution in [0.1, 0.15) is 40.0 Å². The Bertz CT molecular complexity index is 484. The molecule has 3 rings (SSSR count). The highest BCUT2D eigenvalue weighted by atomic mass is 16.6. The van der Waals surface area contributed by atoms with Crippen molar-refractivity contribution in [3.8, 4) is 0 Å². The molecular weight excluding hydrogens is 240 g/mol. The van der Waals surface area contributed by atoms with Crippen LogP contribution in [-0.4, -0.2) is 19.2 Å². The quantitative estimate of drug-likeness (QED) is 0.315. The number of carbonyl (C=O) groups excluding carboxylic acids is 1. The monoisotopic (exact) mass is 262 g/mol. The third kappa shape index (κ3) is 1.67. The van der Waals surface area contributed by atoms with E-state index >= 15 is 0 Å². The fourth-order valence-corrected chi connectivity index (χ4v) is 4.26. The minimum atomic E-state index is -0.198. The number of rotatable bonds is 1. The Hall–Kier alpha value is -1.25. The standard InChI is InChI=1S/C16H22O3/c1-9-10-6-5-7-16(2,3)13(10)14-12(9)11(8-18-4)15(17)19-14/h8-9,12,14H,5-7H2,1-4H3/b11-8+/t9-,12-,14+/m1/s1. The number of hydrogen-bond donors (Lipinski definition) is 0. The van der Waals surface area contributed by atoms with Crippen molar-refractivity contribution in [2.45, 2.75) is 46.1 Å². The predicted octanol–water partition coefficient (Wildman–Crippen LogP) is 3.21. The van der Waals surface area contributed by atoms with Crippen LogP contribution in [0.3, 0.4) is 0 Å². The van der Waals surface area contributed by atoms with E-state index in [4.69, 9.17) is 9.47 Å². The molecule has 0 spiro atoms. The highest BCUT2D eigenvalue weighted by Gasteiger charge is 2.55. The summed E-state index contributed by atoms with van der Waals surface area (Å²) in [7, 11) is 1.59. The molecule has 0 radical (unpaired) electrons. The van der Waals surface area contributed by atoms with Crippen LogP contribution in [0.4, 0.5) is 0 Å². The molecule has 0 aromatic heterocycles. The Balaban J connectivity index is 2.06. The van der Waals surface area contributed by atoms with E-state index in [0.29, 0.717) is 11.5 Å². The molecule has 1 saturated heterocycles. The lowest BCUT2D eigenvalue weighted by Gasteiger charge is -2.34. The van der Waals surface area contributed by atoms with Gasteiger partial charge in [0.2, 0.25) is 0 Å². The first-order valence-corrected chi connectivity index (χ1v) is 7.14. The first kappa shape index (κ1) is 12.8. The molecule has 2 aliphatic carbocycles. The van der Waals surface area contributed by atoms with Gasteiger partial charge in [-0.15, -0.1) is 0 Å². The zero-order valence-electron chi connectivity index (χ0n) is 12.2. The van der Waals surface area contributed by atoms with Gasteiger partial charge in [-0.2, -0.15) is 0 Å². The minimum absolute atomic E-state index is 0.0470. The van der Waals surface area contributed by atoms with Crippen molar-refractivity contribution >= 4 is 5.97 Å². The summed E-state index contributed by atoms with van der Waals surface area (Å²) in [6.45, 7) is 6.79. The highest BCUT2D eigenvalue weighted by molar-refractivity contribution is 5.92. The molecule has 0 aromatic carbocycles. The van der Waals surface area contributed by atoms with Crippen molar-refractivity contribution in [2.24, 2.45) is 17.3 Å². The SMILES string of the molecule is CO/C=C1/C(=O)O[C@@H]2C3=C(CCCC3(C)C)[C@@H](C)[C@H]12. The van der Waals surface area contributed by atoms with Gasteiger partial charge in [-0.3, -0.25) is 0 Å². The van der Waals surface area contributed by atoms with Crippen LogP contribution in [0.15, 0.2) is 23.0 Å². The molecule has 19 heavy (non-hydrogen) atoms. The maximum Gasteiger partial charge on any atom is 0.338 e. The lowest BCUT2D eigenvalue weighted by molar-refractivity contribution is -0.138.